The number of nitrogens with zero attached hydrogens (tertiary/aromatic N) is 4. The van der Waals surface area contributed by atoms with Gasteiger partial charge in [0.1, 0.15) is 17.5 Å². The molecule has 2 aliphatic rings. The molecule has 0 N–H and O–H groups in total. The van der Waals surface area contributed by atoms with Crippen LogP contribution < -0.4 is 4.90 Å². The molecular weight excluding hydrogens is 333 g/mol. The van der Waals surface area contributed by atoms with E-state index in [1.807, 2.05) is 17.1 Å². The van der Waals surface area contributed by atoms with Crippen molar-refractivity contribution in [1.29, 1.82) is 0 Å². The molecule has 1 fully saturated rings. The Labute approximate surface area is 134 Å². The van der Waals surface area contributed by atoms with Crippen LogP contribution in [-0.4, -0.2) is 33.7 Å². The maximum Gasteiger partial charge on any atom is 0.225 e. The lowest BCUT2D eigenvalue weighted by Crippen LogP contribution is -2.30. The fourth-order valence-corrected chi connectivity index (χ4v) is 3.26. The van der Waals surface area contributed by atoms with Crippen LogP contribution in [0.3, 0.4) is 0 Å². The Morgan fingerprint density at radius 1 is 1.27 bits per heavy atom. The molecule has 2 aromatic rings. The average molecular weight is 343 g/mol. The van der Waals surface area contributed by atoms with Crippen molar-refractivity contribution < 1.29 is 8.78 Å². The first kappa shape index (κ1) is 14.1. The number of rotatable bonds is 1. The predicted octanol–water partition coefficient (Wildman–Crippen LogP) is 3.57. The maximum absolute atomic E-state index is 14.1. The molecule has 114 valence electrons. The fourth-order valence-electron chi connectivity index (χ4n) is 2.95. The van der Waals surface area contributed by atoms with E-state index in [9.17, 15) is 8.78 Å². The first-order valence-electron chi connectivity index (χ1n) is 6.82. The topological polar surface area (TPSA) is 41.9 Å². The molecule has 0 spiro atoms. The van der Waals surface area contributed by atoms with Crippen molar-refractivity contribution in [1.82, 2.24) is 15.0 Å². The van der Waals surface area contributed by atoms with E-state index in [0.717, 1.165) is 6.42 Å². The van der Waals surface area contributed by atoms with Gasteiger partial charge in [-0.3, -0.25) is 0 Å². The molecule has 8 heteroatoms. The molecule has 4 rings (SSSR count). The van der Waals surface area contributed by atoms with Crippen molar-refractivity contribution >= 4 is 39.9 Å². The number of anilines is 1. The summed E-state index contributed by atoms with van der Waals surface area (Å²) in [6, 6.07) is -0.299. The quantitative estimate of drug-likeness (QED) is 0.451. The summed E-state index contributed by atoms with van der Waals surface area (Å²) in [4.78, 5) is 13.7. The molecule has 2 aromatic heterocycles. The zero-order valence-electron chi connectivity index (χ0n) is 11.2. The van der Waals surface area contributed by atoms with Crippen LogP contribution in [0.5, 0.6) is 0 Å². The Balaban J connectivity index is 1.90. The Bertz CT molecular complexity index is 798. The molecule has 1 saturated carbocycles. The first-order chi connectivity index (χ1) is 10.6. The molecule has 0 radical (unpaired) electrons. The zero-order chi connectivity index (χ0) is 15.4. The second-order valence-electron chi connectivity index (χ2n) is 5.36. The van der Waals surface area contributed by atoms with Gasteiger partial charge in [-0.2, -0.15) is 4.98 Å². The number of aromatic nitrogens is 3. The number of hydrogen-bond donors (Lipinski definition) is 0. The lowest BCUT2D eigenvalue weighted by Gasteiger charge is -2.24. The minimum absolute atomic E-state index is 0.000172. The summed E-state index contributed by atoms with van der Waals surface area (Å²) >= 11 is 11.6. The summed E-state index contributed by atoms with van der Waals surface area (Å²) in [7, 11) is 0. The Kier molecular flexibility index (Phi) is 3.20. The van der Waals surface area contributed by atoms with Crippen molar-refractivity contribution in [3.8, 4) is 0 Å². The van der Waals surface area contributed by atoms with Crippen LogP contribution in [0.4, 0.5) is 14.6 Å². The van der Waals surface area contributed by atoms with E-state index in [1.54, 1.807) is 0 Å². The van der Waals surface area contributed by atoms with E-state index in [0.29, 0.717) is 17.7 Å². The third kappa shape index (κ3) is 2.05. The lowest BCUT2D eigenvalue weighted by atomic mass is 10.2. The van der Waals surface area contributed by atoms with Crippen molar-refractivity contribution in [2.24, 2.45) is 5.92 Å². The normalized spacial score (nSPS) is 26.9. The number of alkyl halides is 1. The van der Waals surface area contributed by atoms with Gasteiger partial charge in [0, 0.05) is 18.7 Å². The molecular formula is C14H10Cl2F2N4. The monoisotopic (exact) mass is 342 g/mol. The van der Waals surface area contributed by atoms with E-state index < -0.39 is 12.0 Å². The van der Waals surface area contributed by atoms with Gasteiger partial charge >= 0.3 is 0 Å². The minimum atomic E-state index is -0.953. The summed E-state index contributed by atoms with van der Waals surface area (Å²) in [5.74, 6) is -0.505. The minimum Gasteiger partial charge on any atom is -0.349 e. The van der Waals surface area contributed by atoms with Gasteiger partial charge in [0.25, 0.3) is 0 Å². The predicted molar refractivity (Wildman–Crippen MR) is 80.6 cm³/mol. The standard InChI is InChI=1S/C14H10Cl2F2N4/c15-12-9(18)10-7(5-19-12)13(21-14(16)20-10)22-4-2-1-3-6-8(17)11(6)22/h1,3,5-6,8,11H,2,4H2/t6?,8-,11-/m0/s1. The molecule has 1 unspecified atom stereocenters. The van der Waals surface area contributed by atoms with Gasteiger partial charge in [-0.05, 0) is 18.0 Å². The fraction of sp³-hybridized carbons (Fsp3) is 0.357. The average Bonchev–Trinajstić information content (AvgIpc) is 3.18. The smallest absolute Gasteiger partial charge is 0.225 e. The molecule has 0 saturated heterocycles. The summed E-state index contributed by atoms with van der Waals surface area (Å²) < 4.78 is 28.1. The van der Waals surface area contributed by atoms with E-state index >= 15 is 0 Å². The van der Waals surface area contributed by atoms with Gasteiger partial charge in [0.15, 0.2) is 11.0 Å². The highest BCUT2D eigenvalue weighted by atomic mass is 35.5. The van der Waals surface area contributed by atoms with E-state index in [1.165, 1.54) is 6.20 Å². The van der Waals surface area contributed by atoms with E-state index in [2.05, 4.69) is 15.0 Å². The Morgan fingerprint density at radius 3 is 2.91 bits per heavy atom. The van der Waals surface area contributed by atoms with Crippen LogP contribution in [0.25, 0.3) is 10.9 Å². The SMILES string of the molecule is Fc1c(Cl)ncc2c(N3CCC=CC4[C@H](F)[C@H]43)nc(Cl)nc12. The maximum atomic E-state index is 14.1. The number of pyridine rings is 1. The largest absolute Gasteiger partial charge is 0.349 e. The van der Waals surface area contributed by atoms with Crippen LogP contribution in [0, 0.1) is 11.7 Å². The molecule has 4 nitrogen and oxygen atoms in total. The number of halogens is 4. The van der Waals surface area contributed by atoms with Crippen LogP contribution in [0.2, 0.25) is 10.4 Å². The highest BCUT2D eigenvalue weighted by Gasteiger charge is 2.54. The Hall–Kier alpha value is -1.53. The number of hydrogen-bond acceptors (Lipinski definition) is 4. The highest BCUT2D eigenvalue weighted by molar-refractivity contribution is 6.30. The first-order valence-corrected chi connectivity index (χ1v) is 7.58. The highest BCUT2D eigenvalue weighted by Crippen LogP contribution is 2.45. The van der Waals surface area contributed by atoms with E-state index in [-0.39, 0.29) is 27.9 Å². The van der Waals surface area contributed by atoms with Crippen LogP contribution in [0.15, 0.2) is 18.3 Å². The van der Waals surface area contributed by atoms with Crippen molar-refractivity contribution in [2.45, 2.75) is 18.6 Å². The third-order valence-electron chi connectivity index (χ3n) is 4.07. The molecule has 1 aliphatic carbocycles. The van der Waals surface area contributed by atoms with Crippen molar-refractivity contribution in [3.63, 3.8) is 0 Å². The van der Waals surface area contributed by atoms with Gasteiger partial charge in [-0.1, -0.05) is 23.8 Å². The van der Waals surface area contributed by atoms with Crippen molar-refractivity contribution in [3.05, 3.63) is 34.6 Å². The van der Waals surface area contributed by atoms with Gasteiger partial charge in [0.05, 0.1) is 11.4 Å². The van der Waals surface area contributed by atoms with E-state index in [4.69, 9.17) is 23.2 Å². The van der Waals surface area contributed by atoms with Crippen molar-refractivity contribution in [2.75, 3.05) is 11.4 Å². The molecule has 0 bridgehead atoms. The van der Waals surface area contributed by atoms with Crippen LogP contribution in [0.1, 0.15) is 6.42 Å². The zero-order valence-corrected chi connectivity index (χ0v) is 12.7. The molecule has 3 atom stereocenters. The van der Waals surface area contributed by atoms with Crippen LogP contribution in [-0.2, 0) is 0 Å². The third-order valence-corrected chi connectivity index (χ3v) is 4.50. The summed E-state index contributed by atoms with van der Waals surface area (Å²) in [6.07, 6.45) is 5.04. The molecule has 3 heterocycles. The van der Waals surface area contributed by atoms with Crippen LogP contribution >= 0.6 is 23.2 Å². The van der Waals surface area contributed by atoms with Gasteiger partial charge < -0.3 is 4.90 Å². The second kappa shape index (κ2) is 4.99. The summed E-state index contributed by atoms with van der Waals surface area (Å²) in [5.41, 5.74) is -0.000172. The number of fused-ring (bicyclic) bond motifs is 2. The second-order valence-corrected chi connectivity index (χ2v) is 6.06. The molecule has 22 heavy (non-hydrogen) atoms. The van der Waals surface area contributed by atoms with Gasteiger partial charge in [0.2, 0.25) is 5.28 Å². The lowest BCUT2D eigenvalue weighted by molar-refractivity contribution is 0.448. The molecule has 0 amide bonds. The van der Waals surface area contributed by atoms with Gasteiger partial charge in [-0.25, -0.2) is 18.7 Å². The summed E-state index contributed by atoms with van der Waals surface area (Å²) in [5, 5.41) is -0.00190. The van der Waals surface area contributed by atoms with Gasteiger partial charge in [-0.15, -0.1) is 0 Å². The Morgan fingerprint density at radius 2 is 2.09 bits per heavy atom. The molecule has 1 aliphatic heterocycles. The molecule has 0 aromatic carbocycles. The summed E-state index contributed by atoms with van der Waals surface area (Å²) in [6.45, 7) is 0.574.